The molecule has 1 heterocycles. The maximum Gasteiger partial charge on any atom is 0.108 e. The Morgan fingerprint density at radius 1 is 1.11 bits per heavy atom. The molecule has 4 nitrogen and oxygen atoms in total. The Hall–Kier alpha value is -0.630. The molecule has 1 saturated heterocycles. The first-order chi connectivity index (χ1) is 8.98. The second kappa shape index (κ2) is 5.78. The van der Waals surface area contributed by atoms with Gasteiger partial charge in [-0.2, -0.15) is 5.26 Å². The summed E-state index contributed by atoms with van der Waals surface area (Å²) in [5.74, 6) is 0. The Labute approximate surface area is 118 Å². The van der Waals surface area contributed by atoms with Crippen LogP contribution in [0.4, 0.5) is 0 Å². The van der Waals surface area contributed by atoms with E-state index in [1.54, 1.807) is 0 Å². The van der Waals surface area contributed by atoms with Crippen LogP contribution in [0.1, 0.15) is 32.1 Å². The van der Waals surface area contributed by atoms with Crippen LogP contribution in [0.2, 0.25) is 0 Å². The highest BCUT2D eigenvalue weighted by atomic mass is 15.2. The zero-order valence-electron chi connectivity index (χ0n) is 12.9. The van der Waals surface area contributed by atoms with Crippen molar-refractivity contribution in [3.63, 3.8) is 0 Å². The maximum atomic E-state index is 9.47. The van der Waals surface area contributed by atoms with Crippen LogP contribution in [0.25, 0.3) is 0 Å². The summed E-state index contributed by atoms with van der Waals surface area (Å²) >= 11 is 0. The molecule has 4 heteroatoms. The van der Waals surface area contributed by atoms with Crippen LogP contribution >= 0.6 is 0 Å². The van der Waals surface area contributed by atoms with Crippen LogP contribution in [0, 0.1) is 11.3 Å². The molecule has 0 bridgehead atoms. The summed E-state index contributed by atoms with van der Waals surface area (Å²) in [7, 11) is 8.57. The molecule has 2 rings (SSSR count). The summed E-state index contributed by atoms with van der Waals surface area (Å²) in [6, 6.07) is 3.93. The fourth-order valence-corrected chi connectivity index (χ4v) is 3.69. The molecule has 0 radical (unpaired) electrons. The van der Waals surface area contributed by atoms with E-state index >= 15 is 0 Å². The first kappa shape index (κ1) is 14.8. The van der Waals surface area contributed by atoms with Gasteiger partial charge in [-0.3, -0.25) is 9.80 Å². The molecule has 2 fully saturated rings. The Morgan fingerprint density at radius 3 is 2.16 bits per heavy atom. The van der Waals surface area contributed by atoms with E-state index in [4.69, 9.17) is 0 Å². The average Bonchev–Trinajstić information content (AvgIpc) is 2.84. The van der Waals surface area contributed by atoms with Crippen molar-refractivity contribution in [2.45, 2.75) is 49.7 Å². The van der Waals surface area contributed by atoms with Gasteiger partial charge in [0.15, 0.2) is 0 Å². The molecule has 19 heavy (non-hydrogen) atoms. The number of rotatable bonds is 3. The number of likely N-dealkylation sites (tertiary alicyclic amines) is 1. The zero-order valence-corrected chi connectivity index (χ0v) is 12.9. The summed E-state index contributed by atoms with van der Waals surface area (Å²) in [6.07, 6.45) is 5.62. The maximum absolute atomic E-state index is 9.47. The van der Waals surface area contributed by atoms with Gasteiger partial charge in [-0.1, -0.05) is 0 Å². The van der Waals surface area contributed by atoms with Crippen molar-refractivity contribution in [2.75, 3.05) is 41.3 Å². The van der Waals surface area contributed by atoms with Crippen molar-refractivity contribution in [1.82, 2.24) is 14.7 Å². The second-order valence-corrected chi connectivity index (χ2v) is 6.64. The normalized spacial score (nSPS) is 36.9. The Morgan fingerprint density at radius 2 is 1.74 bits per heavy atom. The second-order valence-electron chi connectivity index (χ2n) is 6.64. The van der Waals surface area contributed by atoms with Crippen LogP contribution in [-0.4, -0.2) is 73.6 Å². The minimum absolute atomic E-state index is 0.218. The minimum atomic E-state index is -0.218. The summed E-state index contributed by atoms with van der Waals surface area (Å²) in [5, 5.41) is 9.47. The predicted octanol–water partition coefficient (Wildman–Crippen LogP) is 1.39. The van der Waals surface area contributed by atoms with Gasteiger partial charge in [0.1, 0.15) is 5.54 Å². The van der Waals surface area contributed by atoms with Crippen LogP contribution in [0.5, 0.6) is 0 Å². The van der Waals surface area contributed by atoms with Gasteiger partial charge in [-0.25, -0.2) is 0 Å². The molecule has 1 unspecified atom stereocenters. The monoisotopic (exact) mass is 264 g/mol. The molecule has 0 aromatic carbocycles. The lowest BCUT2D eigenvalue weighted by Gasteiger charge is -2.43. The van der Waals surface area contributed by atoms with Gasteiger partial charge in [0.05, 0.1) is 6.07 Å². The summed E-state index contributed by atoms with van der Waals surface area (Å²) < 4.78 is 0. The third kappa shape index (κ3) is 2.94. The summed E-state index contributed by atoms with van der Waals surface area (Å²) in [4.78, 5) is 7.12. The van der Waals surface area contributed by atoms with Gasteiger partial charge in [-0.05, 0) is 66.8 Å². The van der Waals surface area contributed by atoms with Crippen molar-refractivity contribution >= 4 is 0 Å². The zero-order chi connectivity index (χ0) is 14.0. The SMILES string of the molecule is CN1CCC(N(C)C2CCC(C#N)(N(C)C)CC2)C1. The number of likely N-dealkylation sites (N-methyl/N-ethyl adjacent to an activating group) is 2. The number of nitrogens with zero attached hydrogens (tertiary/aromatic N) is 4. The van der Waals surface area contributed by atoms with Gasteiger partial charge in [0.25, 0.3) is 0 Å². The highest BCUT2D eigenvalue weighted by molar-refractivity contribution is 5.10. The lowest BCUT2D eigenvalue weighted by atomic mass is 9.79. The van der Waals surface area contributed by atoms with Gasteiger partial charge >= 0.3 is 0 Å². The molecule has 0 N–H and O–H groups in total. The van der Waals surface area contributed by atoms with Crippen LogP contribution < -0.4 is 0 Å². The molecule has 0 spiro atoms. The molecular weight excluding hydrogens is 236 g/mol. The van der Waals surface area contributed by atoms with Crippen molar-refractivity contribution in [3.05, 3.63) is 0 Å². The number of hydrogen-bond acceptors (Lipinski definition) is 4. The topological polar surface area (TPSA) is 33.5 Å². The van der Waals surface area contributed by atoms with Crippen molar-refractivity contribution in [2.24, 2.45) is 0 Å². The van der Waals surface area contributed by atoms with E-state index in [0.29, 0.717) is 12.1 Å². The largest absolute Gasteiger partial charge is 0.305 e. The van der Waals surface area contributed by atoms with Crippen molar-refractivity contribution < 1.29 is 0 Å². The van der Waals surface area contributed by atoms with Crippen LogP contribution in [0.3, 0.4) is 0 Å². The van der Waals surface area contributed by atoms with Gasteiger partial charge < -0.3 is 4.90 Å². The van der Waals surface area contributed by atoms with E-state index in [1.807, 2.05) is 14.1 Å². The van der Waals surface area contributed by atoms with Crippen LogP contribution in [-0.2, 0) is 0 Å². The molecule has 1 atom stereocenters. The van der Waals surface area contributed by atoms with Gasteiger partial charge in [-0.15, -0.1) is 0 Å². The third-order valence-corrected chi connectivity index (χ3v) is 5.36. The van der Waals surface area contributed by atoms with Crippen molar-refractivity contribution in [3.8, 4) is 6.07 Å². The molecule has 1 aliphatic carbocycles. The quantitative estimate of drug-likeness (QED) is 0.771. The molecule has 108 valence electrons. The smallest absolute Gasteiger partial charge is 0.108 e. The van der Waals surface area contributed by atoms with Crippen molar-refractivity contribution in [1.29, 1.82) is 5.26 Å². The first-order valence-corrected chi connectivity index (χ1v) is 7.48. The Bertz CT molecular complexity index is 339. The molecule has 0 aromatic rings. The molecule has 0 aromatic heterocycles. The summed E-state index contributed by atoms with van der Waals surface area (Å²) in [5.41, 5.74) is -0.218. The predicted molar refractivity (Wildman–Crippen MR) is 78.0 cm³/mol. The standard InChI is InChI=1S/C15H28N4/c1-17(2)15(12-16)8-5-13(6-9-15)19(4)14-7-10-18(3)11-14/h13-14H,5-11H2,1-4H3. The minimum Gasteiger partial charge on any atom is -0.305 e. The van der Waals surface area contributed by atoms with E-state index in [-0.39, 0.29) is 5.54 Å². The lowest BCUT2D eigenvalue weighted by molar-refractivity contribution is 0.0790. The van der Waals surface area contributed by atoms with Gasteiger partial charge in [0, 0.05) is 18.6 Å². The molecule has 0 amide bonds. The average molecular weight is 264 g/mol. The highest BCUT2D eigenvalue weighted by Gasteiger charge is 2.39. The van der Waals surface area contributed by atoms with Crippen LogP contribution in [0.15, 0.2) is 0 Å². The highest BCUT2D eigenvalue weighted by Crippen LogP contribution is 2.34. The van der Waals surface area contributed by atoms with E-state index in [1.165, 1.54) is 19.5 Å². The fraction of sp³-hybridized carbons (Fsp3) is 0.933. The Balaban J connectivity index is 1.91. The van der Waals surface area contributed by atoms with E-state index in [0.717, 1.165) is 25.7 Å². The van der Waals surface area contributed by atoms with E-state index in [9.17, 15) is 5.26 Å². The number of hydrogen-bond donors (Lipinski definition) is 0. The molecule has 1 aliphatic heterocycles. The Kier molecular flexibility index (Phi) is 4.50. The molecule has 2 aliphatic rings. The fourth-order valence-electron chi connectivity index (χ4n) is 3.69. The third-order valence-electron chi connectivity index (χ3n) is 5.36. The molecule has 1 saturated carbocycles. The summed E-state index contributed by atoms with van der Waals surface area (Å²) in [6.45, 7) is 2.42. The first-order valence-electron chi connectivity index (χ1n) is 7.48. The lowest BCUT2D eigenvalue weighted by Crippen LogP contribution is -2.51. The number of nitriles is 1. The molecular formula is C15H28N4. The van der Waals surface area contributed by atoms with E-state index < -0.39 is 0 Å². The van der Waals surface area contributed by atoms with E-state index in [2.05, 4.69) is 34.9 Å². The van der Waals surface area contributed by atoms with Gasteiger partial charge in [0.2, 0.25) is 0 Å².